The highest BCUT2D eigenvalue weighted by molar-refractivity contribution is 5.60. The number of carbonyl (C=O) groups is 1. The molecule has 2 rings (SSSR count). The van der Waals surface area contributed by atoms with Crippen molar-refractivity contribution in [2.45, 2.75) is 25.3 Å². The van der Waals surface area contributed by atoms with Gasteiger partial charge in [0.15, 0.2) is 0 Å². The molecule has 2 aliphatic heterocycles. The van der Waals surface area contributed by atoms with Crippen molar-refractivity contribution in [3.8, 4) is 0 Å². The molecule has 0 amide bonds. The fourth-order valence-electron chi connectivity index (χ4n) is 2.59. The first-order valence-corrected chi connectivity index (χ1v) is 5.69. The number of hydrogen-bond acceptors (Lipinski definition) is 4. The fourth-order valence-corrected chi connectivity index (χ4v) is 2.59. The summed E-state index contributed by atoms with van der Waals surface area (Å²) in [5.41, 5.74) is -0.308. The van der Waals surface area contributed by atoms with Gasteiger partial charge in [-0.25, -0.2) is 0 Å². The molecular weight excluding hydrogens is 194 g/mol. The molecule has 0 aliphatic carbocycles. The maximum atomic E-state index is 11.1. The molecule has 4 nitrogen and oxygen atoms in total. The van der Waals surface area contributed by atoms with Gasteiger partial charge >= 0.3 is 0 Å². The summed E-state index contributed by atoms with van der Waals surface area (Å²) in [6.45, 7) is 3.19. The molecule has 0 bridgehead atoms. The van der Waals surface area contributed by atoms with Crippen LogP contribution in [0.4, 0.5) is 0 Å². The van der Waals surface area contributed by atoms with Crippen molar-refractivity contribution in [1.82, 2.24) is 4.90 Å². The highest BCUT2D eigenvalue weighted by atomic mass is 16.5. The zero-order valence-electron chi connectivity index (χ0n) is 9.02. The van der Waals surface area contributed by atoms with E-state index in [1.54, 1.807) is 0 Å². The molecule has 0 spiro atoms. The van der Waals surface area contributed by atoms with Gasteiger partial charge in [0, 0.05) is 19.2 Å². The molecule has 0 aromatic heterocycles. The molecule has 2 fully saturated rings. The van der Waals surface area contributed by atoms with Gasteiger partial charge in [-0.15, -0.1) is 0 Å². The zero-order valence-corrected chi connectivity index (χ0v) is 9.02. The average molecular weight is 213 g/mol. The van der Waals surface area contributed by atoms with Crippen LogP contribution in [0.25, 0.3) is 0 Å². The molecule has 2 saturated heterocycles. The first kappa shape index (κ1) is 11.0. The van der Waals surface area contributed by atoms with Gasteiger partial charge in [0.05, 0.1) is 18.6 Å². The van der Waals surface area contributed by atoms with Crippen LogP contribution in [0.1, 0.15) is 19.3 Å². The monoisotopic (exact) mass is 213 g/mol. The number of ether oxygens (including phenoxy) is 1. The minimum atomic E-state index is -0.308. The molecule has 2 heterocycles. The normalized spacial score (nSPS) is 37.3. The standard InChI is InChI=1S/C11H19NO3/c13-6-10-2-1-4-12(10)7-11(8-14)3-5-15-9-11/h8,10,13H,1-7,9H2. The molecule has 4 heteroatoms. The summed E-state index contributed by atoms with van der Waals surface area (Å²) >= 11 is 0. The predicted molar refractivity (Wildman–Crippen MR) is 55.6 cm³/mol. The Bertz CT molecular complexity index is 226. The number of aliphatic hydroxyl groups excluding tert-OH is 1. The largest absolute Gasteiger partial charge is 0.395 e. The molecular formula is C11H19NO3. The van der Waals surface area contributed by atoms with Gasteiger partial charge < -0.3 is 14.6 Å². The zero-order chi connectivity index (χ0) is 10.7. The van der Waals surface area contributed by atoms with Crippen LogP contribution < -0.4 is 0 Å². The van der Waals surface area contributed by atoms with Crippen LogP contribution in [0.15, 0.2) is 0 Å². The summed E-state index contributed by atoms with van der Waals surface area (Å²) < 4.78 is 5.31. The van der Waals surface area contributed by atoms with Crippen LogP contribution in [0, 0.1) is 5.41 Å². The Kier molecular flexibility index (Phi) is 3.38. The summed E-state index contributed by atoms with van der Waals surface area (Å²) in [5, 5.41) is 9.21. The highest BCUT2D eigenvalue weighted by Gasteiger charge is 2.39. The Morgan fingerprint density at radius 1 is 1.60 bits per heavy atom. The van der Waals surface area contributed by atoms with E-state index in [-0.39, 0.29) is 18.1 Å². The first-order chi connectivity index (χ1) is 7.29. The first-order valence-electron chi connectivity index (χ1n) is 5.69. The highest BCUT2D eigenvalue weighted by Crippen LogP contribution is 2.30. The van der Waals surface area contributed by atoms with Gasteiger partial charge in [0.2, 0.25) is 0 Å². The third kappa shape index (κ3) is 2.22. The molecule has 0 aromatic carbocycles. The molecule has 0 radical (unpaired) electrons. The van der Waals surface area contributed by atoms with Gasteiger partial charge in [0.25, 0.3) is 0 Å². The predicted octanol–water partition coefficient (Wildman–Crippen LogP) is 0.0487. The van der Waals surface area contributed by atoms with Crippen LogP contribution in [0.5, 0.6) is 0 Å². The number of nitrogens with zero attached hydrogens (tertiary/aromatic N) is 1. The molecule has 2 aliphatic rings. The summed E-state index contributed by atoms with van der Waals surface area (Å²) in [6, 6.07) is 0.252. The van der Waals surface area contributed by atoms with Gasteiger partial charge in [0.1, 0.15) is 6.29 Å². The van der Waals surface area contributed by atoms with Crippen molar-refractivity contribution in [2.24, 2.45) is 5.41 Å². The topological polar surface area (TPSA) is 49.8 Å². The van der Waals surface area contributed by atoms with E-state index in [4.69, 9.17) is 4.74 Å². The van der Waals surface area contributed by atoms with E-state index in [0.717, 1.165) is 38.6 Å². The lowest BCUT2D eigenvalue weighted by molar-refractivity contribution is -0.117. The molecule has 0 aromatic rings. The molecule has 86 valence electrons. The number of likely N-dealkylation sites (tertiary alicyclic amines) is 1. The van der Waals surface area contributed by atoms with E-state index in [0.29, 0.717) is 13.2 Å². The summed E-state index contributed by atoms with van der Waals surface area (Å²) in [5.74, 6) is 0. The minimum absolute atomic E-state index is 0.204. The second kappa shape index (κ2) is 4.60. The lowest BCUT2D eigenvalue weighted by Crippen LogP contribution is -2.43. The van der Waals surface area contributed by atoms with E-state index in [1.807, 2.05) is 0 Å². The molecule has 1 N–H and O–H groups in total. The quantitative estimate of drug-likeness (QED) is 0.670. The Labute approximate surface area is 90.2 Å². The van der Waals surface area contributed by atoms with Crippen LogP contribution in [0.2, 0.25) is 0 Å². The minimum Gasteiger partial charge on any atom is -0.395 e. The van der Waals surface area contributed by atoms with Crippen molar-refractivity contribution >= 4 is 6.29 Å². The SMILES string of the molecule is O=CC1(CN2CCCC2CO)CCOC1. The van der Waals surface area contributed by atoms with Gasteiger partial charge in [-0.3, -0.25) is 4.90 Å². The van der Waals surface area contributed by atoms with Gasteiger partial charge in [-0.1, -0.05) is 0 Å². The third-order valence-corrected chi connectivity index (χ3v) is 3.61. The van der Waals surface area contributed by atoms with Crippen molar-refractivity contribution in [3.05, 3.63) is 0 Å². The Balaban J connectivity index is 1.96. The summed E-state index contributed by atoms with van der Waals surface area (Å²) in [7, 11) is 0. The number of aldehydes is 1. The lowest BCUT2D eigenvalue weighted by Gasteiger charge is -2.30. The Morgan fingerprint density at radius 2 is 2.47 bits per heavy atom. The van der Waals surface area contributed by atoms with Gasteiger partial charge in [-0.2, -0.15) is 0 Å². The van der Waals surface area contributed by atoms with Crippen LogP contribution in [-0.4, -0.2) is 55.2 Å². The summed E-state index contributed by atoms with van der Waals surface area (Å²) in [4.78, 5) is 13.4. The maximum absolute atomic E-state index is 11.1. The molecule has 2 unspecified atom stereocenters. The Hall–Kier alpha value is -0.450. The van der Waals surface area contributed by atoms with Gasteiger partial charge in [-0.05, 0) is 25.8 Å². The maximum Gasteiger partial charge on any atom is 0.129 e. The second-order valence-electron chi connectivity index (χ2n) is 4.73. The number of aliphatic hydroxyl groups is 1. The Morgan fingerprint density at radius 3 is 3.07 bits per heavy atom. The smallest absolute Gasteiger partial charge is 0.129 e. The van der Waals surface area contributed by atoms with E-state index >= 15 is 0 Å². The van der Waals surface area contributed by atoms with Crippen LogP contribution >= 0.6 is 0 Å². The van der Waals surface area contributed by atoms with Crippen LogP contribution in [-0.2, 0) is 9.53 Å². The lowest BCUT2D eigenvalue weighted by atomic mass is 9.88. The van der Waals surface area contributed by atoms with Crippen molar-refractivity contribution in [1.29, 1.82) is 0 Å². The van der Waals surface area contributed by atoms with E-state index < -0.39 is 0 Å². The van der Waals surface area contributed by atoms with E-state index in [9.17, 15) is 9.90 Å². The van der Waals surface area contributed by atoms with Crippen LogP contribution in [0.3, 0.4) is 0 Å². The molecule has 2 atom stereocenters. The number of hydrogen-bond donors (Lipinski definition) is 1. The average Bonchev–Trinajstić information content (AvgIpc) is 2.88. The van der Waals surface area contributed by atoms with Crippen molar-refractivity contribution < 1.29 is 14.6 Å². The fraction of sp³-hybridized carbons (Fsp3) is 0.909. The second-order valence-corrected chi connectivity index (χ2v) is 4.73. The number of rotatable bonds is 4. The third-order valence-electron chi connectivity index (χ3n) is 3.61. The van der Waals surface area contributed by atoms with E-state index in [1.165, 1.54) is 0 Å². The van der Waals surface area contributed by atoms with Crippen molar-refractivity contribution in [3.63, 3.8) is 0 Å². The molecule has 15 heavy (non-hydrogen) atoms. The molecule has 0 saturated carbocycles. The number of carbonyl (C=O) groups excluding carboxylic acids is 1. The van der Waals surface area contributed by atoms with E-state index in [2.05, 4.69) is 4.90 Å². The summed E-state index contributed by atoms with van der Waals surface area (Å²) in [6.07, 6.45) is 4.05. The van der Waals surface area contributed by atoms with Crippen molar-refractivity contribution in [2.75, 3.05) is 32.9 Å².